The zero-order chi connectivity index (χ0) is 20.4. The first-order valence-electron chi connectivity index (χ1n) is 7.81. The first kappa shape index (κ1) is 20.8. The number of hydrogen-bond donors (Lipinski definition) is 1. The predicted octanol–water partition coefficient (Wildman–Crippen LogP) is 3.60. The standard InChI is InChI=1S/C17H17ClF3N3O3/c1-9-12(10(2)27-23-9)7-16(26)24(3)8-15(25)22-11-4-5-14(18)13(6-11)17(19,20)21/h4-6H,7-8H2,1-3H3,(H,22,25). The van der Waals surface area contributed by atoms with Gasteiger partial charge in [0.05, 0.1) is 29.2 Å². The Morgan fingerprint density at radius 2 is 1.96 bits per heavy atom. The summed E-state index contributed by atoms with van der Waals surface area (Å²) in [6.45, 7) is 3.05. The van der Waals surface area contributed by atoms with Gasteiger partial charge < -0.3 is 14.7 Å². The molecule has 2 rings (SSSR count). The number of aromatic nitrogens is 1. The first-order chi connectivity index (χ1) is 12.5. The molecule has 1 aromatic carbocycles. The van der Waals surface area contributed by atoms with E-state index in [0.29, 0.717) is 17.0 Å². The number of rotatable bonds is 5. The average molecular weight is 404 g/mol. The Morgan fingerprint density at radius 3 is 2.52 bits per heavy atom. The van der Waals surface area contributed by atoms with Crippen molar-refractivity contribution in [1.29, 1.82) is 0 Å². The van der Waals surface area contributed by atoms with Crippen LogP contribution >= 0.6 is 11.6 Å². The molecule has 0 aliphatic heterocycles. The van der Waals surface area contributed by atoms with Gasteiger partial charge in [0.1, 0.15) is 5.76 Å². The maximum atomic E-state index is 12.9. The predicted molar refractivity (Wildman–Crippen MR) is 92.4 cm³/mol. The normalized spacial score (nSPS) is 11.4. The van der Waals surface area contributed by atoms with Crippen molar-refractivity contribution in [3.63, 3.8) is 0 Å². The van der Waals surface area contributed by atoms with Crippen LogP contribution in [0.1, 0.15) is 22.6 Å². The molecule has 6 nitrogen and oxygen atoms in total. The molecule has 0 radical (unpaired) electrons. The minimum absolute atomic E-state index is 0.00408. The lowest BCUT2D eigenvalue weighted by Crippen LogP contribution is -2.36. The van der Waals surface area contributed by atoms with E-state index in [2.05, 4.69) is 10.5 Å². The van der Waals surface area contributed by atoms with Crippen molar-refractivity contribution in [2.45, 2.75) is 26.4 Å². The number of carbonyl (C=O) groups excluding carboxylic acids is 2. The second kappa shape index (κ2) is 7.99. The summed E-state index contributed by atoms with van der Waals surface area (Å²) in [6.07, 6.45) is -4.64. The molecule has 0 fully saturated rings. The van der Waals surface area contributed by atoms with E-state index in [1.165, 1.54) is 18.0 Å². The third-order valence-corrected chi connectivity index (χ3v) is 4.20. The van der Waals surface area contributed by atoms with Gasteiger partial charge in [-0.1, -0.05) is 16.8 Å². The Bertz CT molecular complexity index is 845. The first-order valence-corrected chi connectivity index (χ1v) is 8.19. The SMILES string of the molecule is Cc1noc(C)c1CC(=O)N(C)CC(=O)Nc1ccc(Cl)c(C(F)(F)F)c1. The maximum absolute atomic E-state index is 12.9. The largest absolute Gasteiger partial charge is 0.417 e. The monoisotopic (exact) mass is 403 g/mol. The summed E-state index contributed by atoms with van der Waals surface area (Å²) in [7, 11) is 1.42. The van der Waals surface area contributed by atoms with E-state index in [-0.39, 0.29) is 24.6 Å². The quantitative estimate of drug-likeness (QED) is 0.827. The number of hydrogen-bond acceptors (Lipinski definition) is 4. The molecule has 0 aliphatic rings. The number of likely N-dealkylation sites (N-methyl/N-ethyl adjacent to an activating group) is 1. The Kier molecular flexibility index (Phi) is 6.15. The fourth-order valence-electron chi connectivity index (χ4n) is 2.36. The molecule has 0 bridgehead atoms. The van der Waals surface area contributed by atoms with E-state index in [4.69, 9.17) is 16.1 Å². The van der Waals surface area contributed by atoms with Crippen molar-refractivity contribution in [3.05, 3.63) is 45.8 Å². The van der Waals surface area contributed by atoms with Gasteiger partial charge >= 0.3 is 6.18 Å². The van der Waals surface area contributed by atoms with Crippen LogP contribution in [0.5, 0.6) is 0 Å². The van der Waals surface area contributed by atoms with Crippen molar-refractivity contribution in [2.24, 2.45) is 0 Å². The lowest BCUT2D eigenvalue weighted by Gasteiger charge is -2.17. The van der Waals surface area contributed by atoms with Crippen molar-refractivity contribution < 1.29 is 27.3 Å². The second-order valence-electron chi connectivity index (χ2n) is 5.97. The highest BCUT2D eigenvalue weighted by Crippen LogP contribution is 2.36. The number of alkyl halides is 3. The van der Waals surface area contributed by atoms with Gasteiger partial charge in [0.25, 0.3) is 0 Å². The summed E-state index contributed by atoms with van der Waals surface area (Å²) in [5, 5.41) is 5.61. The van der Waals surface area contributed by atoms with Crippen LogP contribution in [0.15, 0.2) is 22.7 Å². The third-order valence-electron chi connectivity index (χ3n) is 3.87. The van der Waals surface area contributed by atoms with Crippen LogP contribution in [-0.2, 0) is 22.2 Å². The molecule has 1 heterocycles. The lowest BCUT2D eigenvalue weighted by atomic mass is 10.1. The summed E-state index contributed by atoms with van der Waals surface area (Å²) in [5.41, 5.74) is 0.104. The highest BCUT2D eigenvalue weighted by atomic mass is 35.5. The number of nitrogens with zero attached hydrogens (tertiary/aromatic N) is 2. The van der Waals surface area contributed by atoms with Crippen LogP contribution in [0.25, 0.3) is 0 Å². The maximum Gasteiger partial charge on any atom is 0.417 e. The van der Waals surface area contributed by atoms with Crippen LogP contribution in [-0.4, -0.2) is 35.5 Å². The fraction of sp³-hybridized carbons (Fsp3) is 0.353. The zero-order valence-electron chi connectivity index (χ0n) is 14.8. The lowest BCUT2D eigenvalue weighted by molar-refractivity contribution is -0.137. The van der Waals surface area contributed by atoms with Gasteiger partial charge in [-0.15, -0.1) is 0 Å². The second-order valence-corrected chi connectivity index (χ2v) is 6.38. The highest BCUT2D eigenvalue weighted by Gasteiger charge is 2.33. The molecule has 0 atom stereocenters. The summed E-state index contributed by atoms with van der Waals surface area (Å²) in [4.78, 5) is 25.5. The van der Waals surface area contributed by atoms with E-state index < -0.39 is 22.7 Å². The van der Waals surface area contributed by atoms with Gasteiger partial charge in [0.15, 0.2) is 0 Å². The molecule has 0 spiro atoms. The number of carbonyl (C=O) groups is 2. The summed E-state index contributed by atoms with van der Waals surface area (Å²) >= 11 is 5.54. The van der Waals surface area contributed by atoms with Gasteiger partial charge in [0, 0.05) is 18.3 Å². The van der Waals surface area contributed by atoms with E-state index in [9.17, 15) is 22.8 Å². The minimum atomic E-state index is -4.64. The van der Waals surface area contributed by atoms with Crippen molar-refractivity contribution >= 4 is 29.1 Å². The minimum Gasteiger partial charge on any atom is -0.361 e. The molecule has 0 unspecified atom stereocenters. The van der Waals surface area contributed by atoms with Crippen LogP contribution in [0, 0.1) is 13.8 Å². The van der Waals surface area contributed by atoms with Crippen LogP contribution in [0.4, 0.5) is 18.9 Å². The third kappa shape index (κ3) is 5.22. The van der Waals surface area contributed by atoms with Gasteiger partial charge in [-0.3, -0.25) is 9.59 Å². The molecule has 2 aromatic rings. The number of benzene rings is 1. The van der Waals surface area contributed by atoms with E-state index >= 15 is 0 Å². The summed E-state index contributed by atoms with van der Waals surface area (Å²) < 4.78 is 43.6. The van der Waals surface area contributed by atoms with Crippen LogP contribution in [0.3, 0.4) is 0 Å². The average Bonchev–Trinajstić information content (AvgIpc) is 2.87. The number of anilines is 1. The Morgan fingerprint density at radius 1 is 1.30 bits per heavy atom. The van der Waals surface area contributed by atoms with E-state index in [1.807, 2.05) is 0 Å². The van der Waals surface area contributed by atoms with E-state index in [1.54, 1.807) is 13.8 Å². The fourth-order valence-corrected chi connectivity index (χ4v) is 2.59. The van der Waals surface area contributed by atoms with Crippen molar-refractivity contribution in [3.8, 4) is 0 Å². The van der Waals surface area contributed by atoms with Crippen LogP contribution < -0.4 is 5.32 Å². The van der Waals surface area contributed by atoms with Crippen molar-refractivity contribution in [2.75, 3.05) is 18.9 Å². The Balaban J connectivity index is 2.00. The Hall–Kier alpha value is -2.55. The molecule has 0 saturated carbocycles. The Labute approximate surface area is 158 Å². The summed E-state index contributed by atoms with van der Waals surface area (Å²) in [5.74, 6) is -0.480. The topological polar surface area (TPSA) is 75.4 Å². The van der Waals surface area contributed by atoms with Gasteiger partial charge in [0.2, 0.25) is 11.8 Å². The molecule has 1 N–H and O–H groups in total. The molecule has 27 heavy (non-hydrogen) atoms. The smallest absolute Gasteiger partial charge is 0.361 e. The van der Waals surface area contributed by atoms with Gasteiger partial charge in [-0.2, -0.15) is 13.2 Å². The molecular weight excluding hydrogens is 387 g/mol. The summed E-state index contributed by atoms with van der Waals surface area (Å²) in [6, 6.07) is 3.04. The van der Waals surface area contributed by atoms with Gasteiger partial charge in [-0.05, 0) is 32.0 Å². The van der Waals surface area contributed by atoms with Crippen molar-refractivity contribution in [1.82, 2.24) is 10.1 Å². The van der Waals surface area contributed by atoms with Gasteiger partial charge in [-0.25, -0.2) is 0 Å². The van der Waals surface area contributed by atoms with Crippen LogP contribution in [0.2, 0.25) is 5.02 Å². The zero-order valence-corrected chi connectivity index (χ0v) is 15.5. The molecular formula is C17H17ClF3N3O3. The number of halogens is 4. The number of amides is 2. The highest BCUT2D eigenvalue weighted by molar-refractivity contribution is 6.31. The molecule has 0 saturated heterocycles. The van der Waals surface area contributed by atoms with E-state index in [0.717, 1.165) is 12.1 Å². The molecule has 0 aliphatic carbocycles. The molecule has 1 aromatic heterocycles. The molecule has 2 amide bonds. The number of aryl methyl sites for hydroxylation is 2. The number of nitrogens with one attached hydrogen (secondary N) is 1. The molecule has 146 valence electrons. The molecule has 10 heteroatoms.